The fourth-order valence-electron chi connectivity index (χ4n) is 2.72. The molecule has 2 N–H and O–H groups in total. The SMILES string of the molecule is S=C(Nc1ccc(Sc2ncccn2)nc1)NC1CCCCCC1. The molecule has 0 bridgehead atoms. The second-order valence-electron chi connectivity index (χ2n) is 5.81. The minimum absolute atomic E-state index is 0.491. The van der Waals surface area contributed by atoms with E-state index in [9.17, 15) is 0 Å². The molecule has 0 saturated heterocycles. The molecular formula is C17H21N5S2. The Kier molecular flexibility index (Phi) is 6.37. The van der Waals surface area contributed by atoms with Crippen LogP contribution >= 0.6 is 24.0 Å². The van der Waals surface area contributed by atoms with Crippen LogP contribution < -0.4 is 10.6 Å². The highest BCUT2D eigenvalue weighted by molar-refractivity contribution is 7.99. The predicted octanol–water partition coefficient (Wildman–Crippen LogP) is 4.03. The zero-order valence-electron chi connectivity index (χ0n) is 13.4. The third-order valence-corrected chi connectivity index (χ3v) is 4.99. The highest BCUT2D eigenvalue weighted by atomic mass is 32.2. The van der Waals surface area contributed by atoms with Gasteiger partial charge in [-0.05, 0) is 55.0 Å². The van der Waals surface area contributed by atoms with Crippen LogP contribution in [-0.4, -0.2) is 26.1 Å². The molecule has 1 aliphatic rings. The van der Waals surface area contributed by atoms with Crippen molar-refractivity contribution >= 4 is 34.8 Å². The molecule has 5 nitrogen and oxygen atoms in total. The van der Waals surface area contributed by atoms with Crippen LogP contribution in [0.2, 0.25) is 0 Å². The van der Waals surface area contributed by atoms with Gasteiger partial charge in [-0.1, -0.05) is 25.7 Å². The van der Waals surface area contributed by atoms with E-state index in [1.807, 2.05) is 12.1 Å². The lowest BCUT2D eigenvalue weighted by atomic mass is 10.1. The Morgan fingerprint density at radius 1 is 1.04 bits per heavy atom. The molecule has 2 aromatic heterocycles. The number of thiocarbonyl (C=S) groups is 1. The standard InChI is InChI=1S/C17H21N5S2/c23-16(21-13-6-3-1-2-4-7-13)22-14-8-9-15(20-12-14)24-17-18-10-5-11-19-17/h5,8-13H,1-4,6-7H2,(H2,21,22,23). The van der Waals surface area contributed by atoms with Crippen molar-refractivity contribution in [3.63, 3.8) is 0 Å². The molecule has 7 heteroatoms. The summed E-state index contributed by atoms with van der Waals surface area (Å²) in [6.07, 6.45) is 12.9. The molecule has 1 fully saturated rings. The van der Waals surface area contributed by atoms with Crippen molar-refractivity contribution in [1.29, 1.82) is 0 Å². The summed E-state index contributed by atoms with van der Waals surface area (Å²) in [4.78, 5) is 12.8. The highest BCUT2D eigenvalue weighted by Crippen LogP contribution is 2.22. The lowest BCUT2D eigenvalue weighted by Gasteiger charge is -2.19. The highest BCUT2D eigenvalue weighted by Gasteiger charge is 2.13. The summed E-state index contributed by atoms with van der Waals surface area (Å²) in [5.74, 6) is 0. The number of nitrogens with zero attached hydrogens (tertiary/aromatic N) is 3. The van der Waals surface area contributed by atoms with Gasteiger partial charge in [-0.25, -0.2) is 15.0 Å². The van der Waals surface area contributed by atoms with Crippen LogP contribution in [0.15, 0.2) is 47.0 Å². The van der Waals surface area contributed by atoms with Crippen molar-refractivity contribution < 1.29 is 0 Å². The van der Waals surface area contributed by atoms with E-state index in [0.717, 1.165) is 10.7 Å². The quantitative estimate of drug-likeness (QED) is 0.485. The minimum Gasteiger partial charge on any atom is -0.360 e. The van der Waals surface area contributed by atoms with Crippen LogP contribution in [0.1, 0.15) is 38.5 Å². The second kappa shape index (κ2) is 8.94. The average molecular weight is 360 g/mol. The summed E-state index contributed by atoms with van der Waals surface area (Å²) in [5, 5.41) is 8.87. The summed E-state index contributed by atoms with van der Waals surface area (Å²) >= 11 is 6.86. The van der Waals surface area contributed by atoms with Gasteiger partial charge in [0.2, 0.25) is 0 Å². The van der Waals surface area contributed by atoms with Crippen molar-refractivity contribution in [2.75, 3.05) is 5.32 Å². The zero-order valence-corrected chi connectivity index (χ0v) is 15.1. The lowest BCUT2D eigenvalue weighted by Crippen LogP contribution is -2.37. The number of hydrogen-bond donors (Lipinski definition) is 2. The molecule has 0 spiro atoms. The van der Waals surface area contributed by atoms with Gasteiger partial charge in [0.1, 0.15) is 5.03 Å². The summed E-state index contributed by atoms with van der Waals surface area (Å²) in [6.45, 7) is 0. The van der Waals surface area contributed by atoms with Crippen LogP contribution in [0.3, 0.4) is 0 Å². The summed E-state index contributed by atoms with van der Waals surface area (Å²) in [6, 6.07) is 6.20. The number of anilines is 1. The number of rotatable bonds is 4. The van der Waals surface area contributed by atoms with Gasteiger partial charge in [0.15, 0.2) is 10.3 Å². The van der Waals surface area contributed by atoms with E-state index in [1.54, 1.807) is 24.7 Å². The van der Waals surface area contributed by atoms with E-state index >= 15 is 0 Å². The summed E-state index contributed by atoms with van der Waals surface area (Å²) < 4.78 is 0. The summed E-state index contributed by atoms with van der Waals surface area (Å²) in [5.41, 5.74) is 0.888. The maximum atomic E-state index is 5.42. The minimum atomic E-state index is 0.491. The van der Waals surface area contributed by atoms with Crippen molar-refractivity contribution in [1.82, 2.24) is 20.3 Å². The molecule has 0 radical (unpaired) electrons. The van der Waals surface area contributed by atoms with Gasteiger partial charge >= 0.3 is 0 Å². The van der Waals surface area contributed by atoms with E-state index in [1.165, 1.54) is 50.3 Å². The maximum Gasteiger partial charge on any atom is 0.193 e. The number of pyridine rings is 1. The molecule has 0 unspecified atom stereocenters. The van der Waals surface area contributed by atoms with Crippen LogP contribution in [-0.2, 0) is 0 Å². The van der Waals surface area contributed by atoms with Crippen LogP contribution in [0, 0.1) is 0 Å². The topological polar surface area (TPSA) is 62.7 Å². The second-order valence-corrected chi connectivity index (χ2v) is 7.20. The molecule has 2 aromatic rings. The molecule has 0 amide bonds. The Bertz CT molecular complexity index is 640. The molecule has 0 atom stereocenters. The number of nitrogens with one attached hydrogen (secondary N) is 2. The Hall–Kier alpha value is -1.73. The Labute approximate surface area is 152 Å². The first-order valence-electron chi connectivity index (χ1n) is 8.28. The van der Waals surface area contributed by atoms with Crippen molar-refractivity contribution in [2.45, 2.75) is 54.7 Å². The molecule has 0 aromatic carbocycles. The molecule has 1 aliphatic carbocycles. The van der Waals surface area contributed by atoms with E-state index in [0.29, 0.717) is 16.3 Å². The maximum absolute atomic E-state index is 5.42. The molecule has 24 heavy (non-hydrogen) atoms. The largest absolute Gasteiger partial charge is 0.360 e. The Morgan fingerprint density at radius 2 is 1.79 bits per heavy atom. The first-order valence-corrected chi connectivity index (χ1v) is 9.50. The third-order valence-electron chi connectivity index (χ3n) is 3.92. The van der Waals surface area contributed by atoms with Crippen molar-refractivity contribution in [2.24, 2.45) is 0 Å². The molecular weight excluding hydrogens is 338 g/mol. The van der Waals surface area contributed by atoms with Crippen LogP contribution in [0.25, 0.3) is 0 Å². The summed E-state index contributed by atoms with van der Waals surface area (Å²) in [7, 11) is 0. The van der Waals surface area contributed by atoms with E-state index < -0.39 is 0 Å². The fraction of sp³-hybridized carbons (Fsp3) is 0.412. The molecule has 0 aliphatic heterocycles. The van der Waals surface area contributed by atoms with Crippen molar-refractivity contribution in [3.8, 4) is 0 Å². The molecule has 3 rings (SSSR count). The van der Waals surface area contributed by atoms with Gasteiger partial charge in [-0.2, -0.15) is 0 Å². The van der Waals surface area contributed by atoms with Gasteiger partial charge in [-0.15, -0.1) is 0 Å². The predicted molar refractivity (Wildman–Crippen MR) is 101 cm³/mol. The van der Waals surface area contributed by atoms with E-state index in [4.69, 9.17) is 12.2 Å². The van der Waals surface area contributed by atoms with Gasteiger partial charge < -0.3 is 10.6 Å². The number of hydrogen-bond acceptors (Lipinski definition) is 5. The first kappa shape index (κ1) is 17.1. The molecule has 1 saturated carbocycles. The average Bonchev–Trinajstić information content (AvgIpc) is 2.86. The van der Waals surface area contributed by atoms with E-state index in [2.05, 4.69) is 25.6 Å². The zero-order chi connectivity index (χ0) is 16.6. The van der Waals surface area contributed by atoms with Gasteiger partial charge in [0.25, 0.3) is 0 Å². The Balaban J connectivity index is 1.51. The third kappa shape index (κ3) is 5.42. The fourth-order valence-corrected chi connectivity index (χ4v) is 3.66. The first-order chi connectivity index (χ1) is 11.8. The van der Waals surface area contributed by atoms with Crippen LogP contribution in [0.5, 0.6) is 0 Å². The molecule has 2 heterocycles. The normalized spacial score (nSPS) is 15.5. The lowest BCUT2D eigenvalue weighted by molar-refractivity contribution is 0.535. The monoisotopic (exact) mass is 359 g/mol. The van der Waals surface area contributed by atoms with Crippen molar-refractivity contribution in [3.05, 3.63) is 36.8 Å². The van der Waals surface area contributed by atoms with Gasteiger partial charge in [0.05, 0.1) is 11.9 Å². The molecule has 126 valence electrons. The van der Waals surface area contributed by atoms with E-state index in [-0.39, 0.29) is 0 Å². The van der Waals surface area contributed by atoms with Crippen LogP contribution in [0.4, 0.5) is 5.69 Å². The Morgan fingerprint density at radius 3 is 2.46 bits per heavy atom. The number of aromatic nitrogens is 3. The van der Waals surface area contributed by atoms with Gasteiger partial charge in [-0.3, -0.25) is 0 Å². The smallest absolute Gasteiger partial charge is 0.193 e. The van der Waals surface area contributed by atoms with Gasteiger partial charge in [0, 0.05) is 18.4 Å².